The summed E-state index contributed by atoms with van der Waals surface area (Å²) in [4.78, 5) is 11.7. The SMILES string of the molecule is CC(C)NC(=O)CC(C)(c1ccc(Cl)cc1)C(F)(F)F. The molecular formula is C14H17ClF3NO. The number of hydrogen-bond donors (Lipinski definition) is 1. The second-order valence-corrected chi connectivity index (χ2v) is 5.67. The van der Waals surface area contributed by atoms with Crippen molar-refractivity contribution in [1.29, 1.82) is 0 Å². The third kappa shape index (κ3) is 3.88. The van der Waals surface area contributed by atoms with Crippen molar-refractivity contribution < 1.29 is 18.0 Å². The number of carbonyl (C=O) groups is 1. The van der Waals surface area contributed by atoms with E-state index in [1.807, 2.05) is 0 Å². The first-order valence-corrected chi connectivity index (χ1v) is 6.56. The minimum Gasteiger partial charge on any atom is -0.354 e. The molecule has 0 aromatic heterocycles. The molecule has 1 atom stereocenters. The Morgan fingerprint density at radius 2 is 1.75 bits per heavy atom. The van der Waals surface area contributed by atoms with Crippen molar-refractivity contribution in [3.05, 3.63) is 34.9 Å². The maximum Gasteiger partial charge on any atom is 0.398 e. The third-order valence-corrected chi connectivity index (χ3v) is 3.32. The Hall–Kier alpha value is -1.23. The van der Waals surface area contributed by atoms with Crippen LogP contribution >= 0.6 is 11.6 Å². The number of halogens is 4. The monoisotopic (exact) mass is 307 g/mol. The zero-order chi connectivity index (χ0) is 15.6. The summed E-state index contributed by atoms with van der Waals surface area (Å²) in [5.41, 5.74) is -2.22. The molecule has 0 saturated heterocycles. The normalized spacial score (nSPS) is 15.0. The van der Waals surface area contributed by atoms with Gasteiger partial charge in [0.15, 0.2) is 0 Å². The van der Waals surface area contributed by atoms with Gasteiger partial charge in [-0.3, -0.25) is 4.79 Å². The number of alkyl halides is 3. The molecule has 1 N–H and O–H groups in total. The largest absolute Gasteiger partial charge is 0.398 e. The summed E-state index contributed by atoms with van der Waals surface area (Å²) in [6.45, 7) is 4.42. The molecule has 1 rings (SSSR count). The van der Waals surface area contributed by atoms with Crippen molar-refractivity contribution in [2.75, 3.05) is 0 Å². The summed E-state index contributed by atoms with van der Waals surface area (Å²) in [6.07, 6.45) is -5.19. The first kappa shape index (κ1) is 16.8. The predicted molar refractivity (Wildman–Crippen MR) is 72.8 cm³/mol. The summed E-state index contributed by atoms with van der Waals surface area (Å²) in [6, 6.07) is 5.18. The van der Waals surface area contributed by atoms with Gasteiger partial charge in [0, 0.05) is 17.5 Å². The third-order valence-electron chi connectivity index (χ3n) is 3.07. The van der Waals surface area contributed by atoms with Crippen LogP contribution in [0.15, 0.2) is 24.3 Å². The van der Waals surface area contributed by atoms with Gasteiger partial charge in [-0.15, -0.1) is 0 Å². The molecule has 0 aliphatic heterocycles. The van der Waals surface area contributed by atoms with E-state index in [0.717, 1.165) is 6.92 Å². The van der Waals surface area contributed by atoms with Crippen LogP contribution in [0.25, 0.3) is 0 Å². The van der Waals surface area contributed by atoms with E-state index in [4.69, 9.17) is 11.6 Å². The van der Waals surface area contributed by atoms with Crippen LogP contribution in [-0.2, 0) is 10.2 Å². The van der Waals surface area contributed by atoms with Gasteiger partial charge < -0.3 is 5.32 Å². The number of nitrogens with one attached hydrogen (secondary N) is 1. The molecule has 1 aromatic rings. The van der Waals surface area contributed by atoms with Crippen LogP contribution < -0.4 is 5.32 Å². The first-order chi connectivity index (χ1) is 9.06. The Morgan fingerprint density at radius 1 is 1.25 bits per heavy atom. The van der Waals surface area contributed by atoms with Gasteiger partial charge in [0.25, 0.3) is 0 Å². The number of hydrogen-bond acceptors (Lipinski definition) is 1. The van der Waals surface area contributed by atoms with Gasteiger partial charge >= 0.3 is 6.18 Å². The van der Waals surface area contributed by atoms with Crippen LogP contribution in [0.5, 0.6) is 0 Å². The number of carbonyl (C=O) groups excluding carboxylic acids is 1. The lowest BCUT2D eigenvalue weighted by molar-refractivity contribution is -0.189. The van der Waals surface area contributed by atoms with Crippen LogP contribution in [0, 0.1) is 0 Å². The van der Waals surface area contributed by atoms with Crippen molar-refractivity contribution in [2.24, 2.45) is 0 Å². The van der Waals surface area contributed by atoms with Gasteiger partial charge in [-0.1, -0.05) is 23.7 Å². The van der Waals surface area contributed by atoms with Crippen molar-refractivity contribution in [2.45, 2.75) is 44.8 Å². The zero-order valence-electron chi connectivity index (χ0n) is 11.5. The van der Waals surface area contributed by atoms with Crippen LogP contribution in [0.2, 0.25) is 5.02 Å². The second-order valence-electron chi connectivity index (χ2n) is 5.24. The molecule has 2 nitrogen and oxygen atoms in total. The summed E-state index contributed by atoms with van der Waals surface area (Å²) >= 11 is 5.69. The van der Waals surface area contributed by atoms with E-state index in [9.17, 15) is 18.0 Å². The Labute approximate surface area is 121 Å². The topological polar surface area (TPSA) is 29.1 Å². The van der Waals surface area contributed by atoms with E-state index in [1.165, 1.54) is 24.3 Å². The van der Waals surface area contributed by atoms with Crippen LogP contribution in [0.1, 0.15) is 32.8 Å². The van der Waals surface area contributed by atoms with Crippen molar-refractivity contribution in [3.63, 3.8) is 0 Å². The maximum absolute atomic E-state index is 13.4. The summed E-state index contributed by atoms with van der Waals surface area (Å²) in [5, 5.41) is 2.84. The van der Waals surface area contributed by atoms with Crippen LogP contribution in [0.3, 0.4) is 0 Å². The molecule has 1 aromatic carbocycles. The quantitative estimate of drug-likeness (QED) is 0.892. The smallest absolute Gasteiger partial charge is 0.354 e. The van der Waals surface area contributed by atoms with Crippen molar-refractivity contribution >= 4 is 17.5 Å². The van der Waals surface area contributed by atoms with Crippen molar-refractivity contribution in [3.8, 4) is 0 Å². The lowest BCUT2D eigenvalue weighted by Crippen LogP contribution is -2.45. The summed E-state index contributed by atoms with van der Waals surface area (Å²) in [7, 11) is 0. The predicted octanol–water partition coefficient (Wildman–Crippen LogP) is 4.07. The highest BCUT2D eigenvalue weighted by molar-refractivity contribution is 6.30. The van der Waals surface area contributed by atoms with Gasteiger partial charge in [-0.25, -0.2) is 0 Å². The minimum atomic E-state index is -4.53. The van der Waals surface area contributed by atoms with E-state index in [0.29, 0.717) is 5.02 Å². The van der Waals surface area contributed by atoms with Crippen LogP contribution in [-0.4, -0.2) is 18.1 Å². The highest BCUT2D eigenvalue weighted by atomic mass is 35.5. The summed E-state index contributed by atoms with van der Waals surface area (Å²) < 4.78 is 40.1. The molecule has 1 unspecified atom stereocenters. The van der Waals surface area contributed by atoms with Crippen LogP contribution in [0.4, 0.5) is 13.2 Å². The highest BCUT2D eigenvalue weighted by Gasteiger charge is 2.53. The molecule has 0 aliphatic rings. The molecule has 20 heavy (non-hydrogen) atoms. The van der Waals surface area contributed by atoms with Crippen molar-refractivity contribution in [1.82, 2.24) is 5.32 Å². The van der Waals surface area contributed by atoms with Gasteiger partial charge in [0.1, 0.15) is 0 Å². The van der Waals surface area contributed by atoms with E-state index in [2.05, 4.69) is 5.32 Å². The molecule has 0 spiro atoms. The van der Waals surface area contributed by atoms with Gasteiger partial charge in [0.05, 0.1) is 5.41 Å². The standard InChI is InChI=1S/C14H17ClF3NO/c1-9(2)19-12(20)8-13(3,14(16,17)18)10-4-6-11(15)7-5-10/h4-7,9H,8H2,1-3H3,(H,19,20). The number of rotatable bonds is 4. The van der Waals surface area contributed by atoms with Gasteiger partial charge in [-0.2, -0.15) is 13.2 Å². The first-order valence-electron chi connectivity index (χ1n) is 6.18. The molecule has 1 amide bonds. The van der Waals surface area contributed by atoms with Gasteiger partial charge in [0.2, 0.25) is 5.91 Å². The molecule has 0 aliphatic carbocycles. The lowest BCUT2D eigenvalue weighted by Gasteiger charge is -2.32. The Balaban J connectivity index is 3.11. The fourth-order valence-corrected chi connectivity index (χ4v) is 2.00. The minimum absolute atomic E-state index is 0.0216. The van der Waals surface area contributed by atoms with E-state index < -0.39 is 23.9 Å². The average Bonchev–Trinajstić information content (AvgIpc) is 2.26. The number of amides is 1. The Kier molecular flexibility index (Phi) is 5.08. The van der Waals surface area contributed by atoms with E-state index in [-0.39, 0.29) is 11.6 Å². The molecule has 112 valence electrons. The molecule has 0 heterocycles. The molecule has 0 saturated carbocycles. The highest BCUT2D eigenvalue weighted by Crippen LogP contribution is 2.43. The Morgan fingerprint density at radius 3 is 2.15 bits per heavy atom. The Bertz CT molecular complexity index is 470. The second kappa shape index (κ2) is 6.04. The maximum atomic E-state index is 13.4. The fourth-order valence-electron chi connectivity index (χ4n) is 1.88. The molecule has 6 heteroatoms. The molecule has 0 radical (unpaired) electrons. The van der Waals surface area contributed by atoms with E-state index in [1.54, 1.807) is 13.8 Å². The zero-order valence-corrected chi connectivity index (χ0v) is 12.3. The fraction of sp³-hybridized carbons (Fsp3) is 0.500. The molecular weight excluding hydrogens is 291 g/mol. The molecule has 0 fully saturated rings. The average molecular weight is 308 g/mol. The summed E-state index contributed by atoms with van der Waals surface area (Å²) in [5.74, 6) is -0.630. The lowest BCUT2D eigenvalue weighted by atomic mass is 9.78. The number of benzene rings is 1. The van der Waals surface area contributed by atoms with Gasteiger partial charge in [-0.05, 0) is 38.5 Å². The molecule has 0 bridgehead atoms. The van der Waals surface area contributed by atoms with E-state index >= 15 is 0 Å².